The van der Waals surface area contributed by atoms with Crippen molar-refractivity contribution in [1.29, 1.82) is 0 Å². The zero-order valence-corrected chi connectivity index (χ0v) is 17.5. The number of fused-ring (bicyclic) bond motifs is 1. The first-order chi connectivity index (χ1) is 15.1. The van der Waals surface area contributed by atoms with Crippen LogP contribution in [0.25, 0.3) is 17.0 Å². The number of hydrogen-bond acceptors (Lipinski definition) is 5. The van der Waals surface area contributed by atoms with Gasteiger partial charge in [0.05, 0.1) is 12.1 Å². The molecule has 0 unspecified atom stereocenters. The number of nitrogens with one attached hydrogen (secondary N) is 1. The van der Waals surface area contributed by atoms with E-state index in [1.807, 2.05) is 30.3 Å². The molecule has 31 heavy (non-hydrogen) atoms. The third kappa shape index (κ3) is 4.91. The maximum atomic E-state index is 12.7. The van der Waals surface area contributed by atoms with E-state index in [1.54, 1.807) is 37.3 Å². The lowest BCUT2D eigenvalue weighted by Gasteiger charge is -2.19. The largest absolute Gasteiger partial charge is 0.450 e. The van der Waals surface area contributed by atoms with Gasteiger partial charge in [-0.05, 0) is 68.3 Å². The van der Waals surface area contributed by atoms with Crippen LogP contribution < -0.4 is 10.2 Å². The molecule has 1 aliphatic heterocycles. The van der Waals surface area contributed by atoms with Crippen LogP contribution in [0, 0.1) is 0 Å². The Balaban J connectivity index is 1.55. The van der Waals surface area contributed by atoms with Crippen LogP contribution in [-0.2, 0) is 4.74 Å². The van der Waals surface area contributed by atoms with Crippen molar-refractivity contribution in [2.24, 2.45) is 0 Å². The maximum absolute atomic E-state index is 12.7. The summed E-state index contributed by atoms with van der Waals surface area (Å²) in [5.74, 6) is 0.817. The Morgan fingerprint density at radius 3 is 2.58 bits per heavy atom. The van der Waals surface area contributed by atoms with Crippen LogP contribution in [0.1, 0.15) is 35.7 Å². The monoisotopic (exact) mass is 415 g/mol. The lowest BCUT2D eigenvalue weighted by atomic mass is 10.1. The molecule has 1 N–H and O–H groups in total. The predicted molar refractivity (Wildman–Crippen MR) is 124 cm³/mol. The number of rotatable bonds is 6. The molecule has 2 aromatic carbocycles. The summed E-state index contributed by atoms with van der Waals surface area (Å²) in [5.41, 5.74) is 3.02. The third-order valence-corrected chi connectivity index (χ3v) is 5.24. The van der Waals surface area contributed by atoms with E-state index >= 15 is 0 Å². The molecule has 0 saturated carbocycles. The normalized spacial score (nSPS) is 13.6. The summed E-state index contributed by atoms with van der Waals surface area (Å²) in [6.07, 6.45) is 5.23. The first kappa shape index (κ1) is 20.6. The molecule has 0 aliphatic carbocycles. The van der Waals surface area contributed by atoms with Crippen molar-refractivity contribution >= 4 is 40.4 Å². The van der Waals surface area contributed by atoms with Gasteiger partial charge in [-0.15, -0.1) is 0 Å². The van der Waals surface area contributed by atoms with Gasteiger partial charge in [-0.3, -0.25) is 10.1 Å². The Morgan fingerprint density at radius 2 is 1.84 bits per heavy atom. The van der Waals surface area contributed by atoms with E-state index in [-0.39, 0.29) is 5.78 Å². The molecule has 1 aromatic heterocycles. The van der Waals surface area contributed by atoms with E-state index in [9.17, 15) is 9.59 Å². The Hall–Kier alpha value is -3.67. The van der Waals surface area contributed by atoms with Gasteiger partial charge >= 0.3 is 6.09 Å². The van der Waals surface area contributed by atoms with E-state index in [4.69, 9.17) is 9.72 Å². The van der Waals surface area contributed by atoms with Crippen LogP contribution in [0.3, 0.4) is 0 Å². The Labute approximate surface area is 181 Å². The summed E-state index contributed by atoms with van der Waals surface area (Å²) < 4.78 is 4.86. The van der Waals surface area contributed by atoms with Crippen LogP contribution in [0.5, 0.6) is 0 Å². The van der Waals surface area contributed by atoms with Gasteiger partial charge in [-0.2, -0.15) is 0 Å². The molecular formula is C25H25N3O3. The van der Waals surface area contributed by atoms with Gasteiger partial charge < -0.3 is 9.64 Å². The average Bonchev–Trinajstić information content (AvgIpc) is 3.32. The number of ketones is 1. The second kappa shape index (κ2) is 9.43. The molecule has 0 spiro atoms. The summed E-state index contributed by atoms with van der Waals surface area (Å²) in [5, 5.41) is 3.67. The fraction of sp³-hybridized carbons (Fsp3) is 0.240. The molecule has 1 amide bonds. The van der Waals surface area contributed by atoms with Crippen molar-refractivity contribution in [2.45, 2.75) is 19.8 Å². The van der Waals surface area contributed by atoms with Crippen molar-refractivity contribution in [2.75, 3.05) is 29.9 Å². The van der Waals surface area contributed by atoms with E-state index < -0.39 is 6.09 Å². The first-order valence-corrected chi connectivity index (χ1v) is 10.5. The van der Waals surface area contributed by atoms with Crippen molar-refractivity contribution in [3.8, 4) is 0 Å². The molecule has 0 atom stereocenters. The minimum absolute atomic E-state index is 0.108. The number of anilines is 2. The zero-order valence-electron chi connectivity index (χ0n) is 17.5. The molecule has 6 heteroatoms. The van der Waals surface area contributed by atoms with Gasteiger partial charge in [0.15, 0.2) is 5.78 Å². The average molecular weight is 415 g/mol. The number of nitrogens with zero attached hydrogens (tertiary/aromatic N) is 2. The molecule has 4 rings (SSSR count). The maximum Gasteiger partial charge on any atom is 0.411 e. The van der Waals surface area contributed by atoms with Crippen molar-refractivity contribution in [3.63, 3.8) is 0 Å². The number of amides is 1. The minimum Gasteiger partial charge on any atom is -0.450 e. The highest BCUT2D eigenvalue weighted by Gasteiger charge is 2.17. The Morgan fingerprint density at radius 1 is 1.10 bits per heavy atom. The van der Waals surface area contributed by atoms with Crippen LogP contribution in [0.15, 0.2) is 60.7 Å². The predicted octanol–water partition coefficient (Wildman–Crippen LogP) is 5.30. The molecule has 0 bridgehead atoms. The SMILES string of the molecule is CCOC(=O)Nc1ccc(C(=O)/C=C/c2cc3ccccc3nc2N2CCCC2)cc1. The lowest BCUT2D eigenvalue weighted by Crippen LogP contribution is -2.20. The van der Waals surface area contributed by atoms with Crippen LogP contribution in [-0.4, -0.2) is 36.6 Å². The number of ether oxygens (including phenoxy) is 1. The number of allylic oxidation sites excluding steroid dienone is 1. The molecule has 3 aromatic rings. The fourth-order valence-corrected chi connectivity index (χ4v) is 3.69. The summed E-state index contributed by atoms with van der Waals surface area (Å²) in [6.45, 7) is 4.01. The standard InChI is InChI=1S/C25H25N3O3/c1-2-31-25(30)26-21-12-9-18(10-13-21)23(29)14-11-20-17-19-7-3-4-8-22(19)27-24(20)28-15-5-6-16-28/h3-4,7-14,17H,2,5-6,15-16H2,1H3,(H,26,30)/b14-11+. The molecule has 1 saturated heterocycles. The van der Waals surface area contributed by atoms with Gasteiger partial charge in [0, 0.05) is 35.3 Å². The summed E-state index contributed by atoms with van der Waals surface area (Å²) >= 11 is 0. The fourth-order valence-electron chi connectivity index (χ4n) is 3.69. The highest BCUT2D eigenvalue weighted by atomic mass is 16.5. The molecule has 1 aliphatic rings. The first-order valence-electron chi connectivity index (χ1n) is 10.5. The van der Waals surface area contributed by atoms with Gasteiger partial charge in [-0.1, -0.05) is 18.2 Å². The summed E-state index contributed by atoms with van der Waals surface area (Å²) in [6, 6.07) is 16.9. The third-order valence-electron chi connectivity index (χ3n) is 5.24. The summed E-state index contributed by atoms with van der Waals surface area (Å²) in [4.78, 5) is 31.4. The number of hydrogen-bond donors (Lipinski definition) is 1. The molecule has 2 heterocycles. The lowest BCUT2D eigenvalue weighted by molar-refractivity contribution is 0.104. The number of benzene rings is 2. The van der Waals surface area contributed by atoms with Gasteiger partial charge in [0.25, 0.3) is 0 Å². The number of para-hydroxylation sites is 1. The number of carbonyl (C=O) groups is 2. The molecule has 0 radical (unpaired) electrons. The van der Waals surface area contributed by atoms with Crippen LogP contribution in [0.2, 0.25) is 0 Å². The van der Waals surface area contributed by atoms with Crippen molar-refractivity contribution < 1.29 is 14.3 Å². The van der Waals surface area contributed by atoms with Gasteiger partial charge in [-0.25, -0.2) is 9.78 Å². The summed E-state index contributed by atoms with van der Waals surface area (Å²) in [7, 11) is 0. The second-order valence-electron chi connectivity index (χ2n) is 7.41. The zero-order chi connectivity index (χ0) is 21.6. The molecule has 158 valence electrons. The van der Waals surface area contributed by atoms with Crippen LogP contribution in [0.4, 0.5) is 16.3 Å². The van der Waals surface area contributed by atoms with Gasteiger partial charge in [0.1, 0.15) is 5.82 Å². The topological polar surface area (TPSA) is 71.5 Å². The highest BCUT2D eigenvalue weighted by Crippen LogP contribution is 2.27. The Bertz CT molecular complexity index is 1120. The molecule has 1 fully saturated rings. The van der Waals surface area contributed by atoms with E-state index in [1.165, 1.54) is 0 Å². The molecule has 6 nitrogen and oxygen atoms in total. The van der Waals surface area contributed by atoms with E-state index in [0.29, 0.717) is 17.9 Å². The Kier molecular flexibility index (Phi) is 6.26. The smallest absolute Gasteiger partial charge is 0.411 e. The van der Waals surface area contributed by atoms with Crippen molar-refractivity contribution in [1.82, 2.24) is 4.98 Å². The van der Waals surface area contributed by atoms with Gasteiger partial charge in [0.2, 0.25) is 0 Å². The minimum atomic E-state index is -0.514. The molecular weight excluding hydrogens is 390 g/mol. The van der Waals surface area contributed by atoms with Crippen molar-refractivity contribution in [3.05, 3.63) is 71.8 Å². The van der Waals surface area contributed by atoms with E-state index in [2.05, 4.69) is 16.3 Å². The van der Waals surface area contributed by atoms with Crippen LogP contribution >= 0.6 is 0 Å². The number of pyridine rings is 1. The second-order valence-corrected chi connectivity index (χ2v) is 7.41. The number of carbonyl (C=O) groups excluding carboxylic acids is 2. The quantitative estimate of drug-likeness (QED) is 0.437. The highest BCUT2D eigenvalue weighted by molar-refractivity contribution is 6.07. The number of aromatic nitrogens is 1. The van der Waals surface area contributed by atoms with E-state index in [0.717, 1.165) is 48.2 Å².